The van der Waals surface area contributed by atoms with Gasteiger partial charge in [0.1, 0.15) is 0 Å². The highest BCUT2D eigenvalue weighted by atomic mass is 15.0. The Labute approximate surface area is 323 Å². The van der Waals surface area contributed by atoms with Gasteiger partial charge in [0.2, 0.25) is 0 Å². The molecule has 0 bridgehead atoms. The van der Waals surface area contributed by atoms with Crippen molar-refractivity contribution >= 4 is 75.9 Å². The summed E-state index contributed by atoms with van der Waals surface area (Å²) in [5.74, 6) is 0. The van der Waals surface area contributed by atoms with Gasteiger partial charge < -0.3 is 9.13 Å². The van der Waals surface area contributed by atoms with Gasteiger partial charge in [0, 0.05) is 38.3 Å². The Kier molecular flexibility index (Phi) is 6.66. The molecule has 2 heteroatoms. The highest BCUT2D eigenvalue weighted by Gasteiger charge is 2.21. The molecule has 0 fully saturated rings. The lowest BCUT2D eigenvalue weighted by Crippen LogP contribution is -1.98. The van der Waals surface area contributed by atoms with Crippen molar-refractivity contribution in [2.75, 3.05) is 0 Å². The molecule has 12 aromatic rings. The summed E-state index contributed by atoms with van der Waals surface area (Å²) < 4.78 is 4.91. The van der Waals surface area contributed by atoms with E-state index >= 15 is 0 Å². The lowest BCUT2D eigenvalue weighted by Gasteiger charge is -2.15. The van der Waals surface area contributed by atoms with Crippen molar-refractivity contribution in [3.8, 4) is 33.6 Å². The van der Waals surface area contributed by atoms with E-state index in [1.807, 2.05) is 0 Å². The van der Waals surface area contributed by atoms with Crippen molar-refractivity contribution in [1.82, 2.24) is 9.13 Å². The molecule has 0 aliphatic carbocycles. The zero-order valence-electron chi connectivity index (χ0n) is 30.5. The van der Waals surface area contributed by atoms with Gasteiger partial charge in [0.05, 0.1) is 22.1 Å². The average Bonchev–Trinajstić information content (AvgIpc) is 3.80. The van der Waals surface area contributed by atoms with Crippen molar-refractivity contribution in [1.29, 1.82) is 0 Å². The first-order chi connectivity index (χ1) is 27.8. The van der Waals surface area contributed by atoms with Crippen LogP contribution in [0.2, 0.25) is 0 Å². The van der Waals surface area contributed by atoms with Crippen LogP contribution < -0.4 is 0 Å². The van der Waals surface area contributed by atoms with E-state index in [-0.39, 0.29) is 0 Å². The molecule has 0 spiro atoms. The van der Waals surface area contributed by atoms with E-state index in [4.69, 9.17) is 0 Å². The molecule has 56 heavy (non-hydrogen) atoms. The zero-order chi connectivity index (χ0) is 36.7. The highest BCUT2D eigenvalue weighted by Crippen LogP contribution is 2.45. The molecule has 2 heterocycles. The van der Waals surface area contributed by atoms with Crippen LogP contribution in [0.1, 0.15) is 0 Å². The van der Waals surface area contributed by atoms with E-state index in [1.54, 1.807) is 0 Å². The minimum atomic E-state index is 1.14. The van der Waals surface area contributed by atoms with Crippen LogP contribution in [0.5, 0.6) is 0 Å². The summed E-state index contributed by atoms with van der Waals surface area (Å²) in [4.78, 5) is 0. The Hall–Kier alpha value is -7.42. The molecular weight excluding hydrogens is 677 g/mol. The lowest BCUT2D eigenvalue weighted by molar-refractivity contribution is 1.15. The topological polar surface area (TPSA) is 9.86 Å². The van der Waals surface area contributed by atoms with E-state index in [9.17, 15) is 0 Å². The van der Waals surface area contributed by atoms with Crippen LogP contribution in [0.15, 0.2) is 206 Å². The third-order valence-electron chi connectivity index (χ3n) is 11.9. The summed E-state index contributed by atoms with van der Waals surface area (Å²) in [5, 5.41) is 12.8. The predicted octanol–water partition coefficient (Wildman–Crippen LogP) is 14.7. The minimum Gasteiger partial charge on any atom is -0.309 e. The summed E-state index contributed by atoms with van der Waals surface area (Å²) in [6.07, 6.45) is 0. The van der Waals surface area contributed by atoms with Crippen LogP contribution in [0, 0.1) is 0 Å². The zero-order valence-corrected chi connectivity index (χ0v) is 30.5. The molecule has 0 atom stereocenters. The number of rotatable bonds is 4. The first kappa shape index (κ1) is 31.0. The quantitative estimate of drug-likeness (QED) is 0.161. The molecule has 0 aliphatic heterocycles. The number of benzene rings is 10. The van der Waals surface area contributed by atoms with Gasteiger partial charge in [-0.2, -0.15) is 0 Å². The molecule has 2 aromatic heterocycles. The Balaban J connectivity index is 1.09. The molecule has 0 unspecified atom stereocenters. The lowest BCUT2D eigenvalue weighted by atomic mass is 9.93. The fourth-order valence-electron chi connectivity index (χ4n) is 9.39. The fourth-order valence-corrected chi connectivity index (χ4v) is 9.39. The van der Waals surface area contributed by atoms with Gasteiger partial charge in [0.15, 0.2) is 0 Å². The van der Waals surface area contributed by atoms with Crippen molar-refractivity contribution in [2.45, 2.75) is 0 Å². The summed E-state index contributed by atoms with van der Waals surface area (Å²) in [7, 11) is 0. The van der Waals surface area contributed by atoms with E-state index in [1.165, 1.54) is 98.2 Å². The van der Waals surface area contributed by atoms with Crippen molar-refractivity contribution < 1.29 is 0 Å². The second-order valence-corrected chi connectivity index (χ2v) is 14.9. The number of hydrogen-bond donors (Lipinski definition) is 0. The second-order valence-electron chi connectivity index (χ2n) is 14.9. The van der Waals surface area contributed by atoms with Gasteiger partial charge in [-0.3, -0.25) is 0 Å². The van der Waals surface area contributed by atoms with Gasteiger partial charge >= 0.3 is 0 Å². The SMILES string of the molecule is c1ccc(-c2ccc3c(c2)c2cc(-c4ccccc4)ccc2n3-c2ccc(-n3c4ccccc4c4c5ccc6ccccc6c5c5ccccc5c43)cc2)cc1. The van der Waals surface area contributed by atoms with Crippen LogP contribution in [-0.4, -0.2) is 9.13 Å². The maximum atomic E-state index is 2.48. The first-order valence-corrected chi connectivity index (χ1v) is 19.4. The number of hydrogen-bond acceptors (Lipinski definition) is 0. The Bertz CT molecular complexity index is 3400. The van der Waals surface area contributed by atoms with Crippen LogP contribution in [0.4, 0.5) is 0 Å². The number of para-hydroxylation sites is 1. The number of aromatic nitrogens is 2. The Morgan fingerprint density at radius 3 is 1.39 bits per heavy atom. The molecule has 260 valence electrons. The van der Waals surface area contributed by atoms with Crippen LogP contribution >= 0.6 is 0 Å². The van der Waals surface area contributed by atoms with Crippen molar-refractivity contribution in [2.24, 2.45) is 0 Å². The molecular formula is C54H34N2. The smallest absolute Gasteiger partial charge is 0.0625 e. The predicted molar refractivity (Wildman–Crippen MR) is 239 cm³/mol. The second kappa shape index (κ2) is 12.0. The number of nitrogens with zero attached hydrogens (tertiary/aromatic N) is 2. The molecule has 10 aromatic carbocycles. The summed E-state index contributed by atoms with van der Waals surface area (Å²) in [5.41, 5.74) is 12.0. The largest absolute Gasteiger partial charge is 0.309 e. The Morgan fingerprint density at radius 1 is 0.250 bits per heavy atom. The molecule has 0 radical (unpaired) electrons. The molecule has 0 amide bonds. The summed E-state index contributed by atoms with van der Waals surface area (Å²) in [6, 6.07) is 75.6. The molecule has 0 saturated carbocycles. The van der Waals surface area contributed by atoms with E-state index in [0.717, 1.165) is 11.4 Å². The monoisotopic (exact) mass is 710 g/mol. The van der Waals surface area contributed by atoms with Crippen LogP contribution in [0.3, 0.4) is 0 Å². The van der Waals surface area contributed by atoms with E-state index in [2.05, 4.69) is 215 Å². The third-order valence-corrected chi connectivity index (χ3v) is 11.9. The molecule has 2 nitrogen and oxygen atoms in total. The van der Waals surface area contributed by atoms with Crippen LogP contribution in [0.25, 0.3) is 110 Å². The van der Waals surface area contributed by atoms with Crippen LogP contribution in [-0.2, 0) is 0 Å². The maximum Gasteiger partial charge on any atom is 0.0625 e. The van der Waals surface area contributed by atoms with Gasteiger partial charge in [-0.15, -0.1) is 0 Å². The van der Waals surface area contributed by atoms with Gasteiger partial charge in [-0.25, -0.2) is 0 Å². The molecule has 12 rings (SSSR count). The third kappa shape index (κ3) is 4.50. The van der Waals surface area contributed by atoms with E-state index in [0.29, 0.717) is 0 Å². The fraction of sp³-hybridized carbons (Fsp3) is 0. The first-order valence-electron chi connectivity index (χ1n) is 19.4. The minimum absolute atomic E-state index is 1.14. The van der Waals surface area contributed by atoms with Gasteiger partial charge in [-0.05, 0) is 104 Å². The average molecular weight is 711 g/mol. The highest BCUT2D eigenvalue weighted by molar-refractivity contribution is 6.36. The summed E-state index contributed by atoms with van der Waals surface area (Å²) >= 11 is 0. The van der Waals surface area contributed by atoms with Crippen molar-refractivity contribution in [3.05, 3.63) is 206 Å². The molecule has 0 aliphatic rings. The van der Waals surface area contributed by atoms with E-state index < -0.39 is 0 Å². The summed E-state index contributed by atoms with van der Waals surface area (Å²) in [6.45, 7) is 0. The van der Waals surface area contributed by atoms with Crippen molar-refractivity contribution in [3.63, 3.8) is 0 Å². The normalized spacial score (nSPS) is 11.9. The molecule has 0 saturated heterocycles. The maximum absolute atomic E-state index is 2.48. The van der Waals surface area contributed by atoms with Gasteiger partial charge in [0.25, 0.3) is 0 Å². The number of fused-ring (bicyclic) bond motifs is 13. The molecule has 0 N–H and O–H groups in total. The standard InChI is InChI=1S/C54H34N2/c1-3-13-35(14-4-1)38-24-31-50-47(33-38)48-34-39(36-15-5-2-6-16-36)25-32-51(48)55(50)40-26-28-41(29-27-40)56-49-22-12-11-21-45(49)53-46-30-23-37-17-7-8-18-42(37)52(46)43-19-9-10-20-44(43)54(53)56/h1-34H. The Morgan fingerprint density at radius 2 is 0.750 bits per heavy atom. The van der Waals surface area contributed by atoms with Gasteiger partial charge in [-0.1, -0.05) is 152 Å².